The molecule has 0 bridgehead atoms. The van der Waals surface area contributed by atoms with E-state index in [1.54, 1.807) is 7.11 Å². The molecule has 8 nitrogen and oxygen atoms in total. The maximum Gasteiger partial charge on any atom is 0.410 e. The third-order valence-corrected chi connectivity index (χ3v) is 7.23. The highest BCUT2D eigenvalue weighted by atomic mass is 28.3. The highest BCUT2D eigenvalue weighted by molar-refractivity contribution is 6.48. The van der Waals surface area contributed by atoms with Crippen LogP contribution >= 0.6 is 0 Å². The molecule has 0 aromatic carbocycles. The number of ether oxygens (including phenoxy) is 2. The van der Waals surface area contributed by atoms with Gasteiger partial charge in [-0.2, -0.15) is 0 Å². The van der Waals surface area contributed by atoms with E-state index in [9.17, 15) is 4.79 Å². The molecule has 3 rings (SSSR count). The van der Waals surface area contributed by atoms with Gasteiger partial charge in [0.25, 0.3) is 0 Å². The largest absolute Gasteiger partial charge is 0.494 e. The van der Waals surface area contributed by atoms with Crippen LogP contribution in [0.2, 0.25) is 13.1 Å². The number of aryl methyl sites for hydroxylation is 2. The molecule has 1 aliphatic heterocycles. The highest BCUT2D eigenvalue weighted by Crippen LogP contribution is 2.36. The van der Waals surface area contributed by atoms with Crippen molar-refractivity contribution in [3.8, 4) is 11.6 Å². The van der Waals surface area contributed by atoms with Crippen LogP contribution in [0.25, 0.3) is 5.82 Å². The van der Waals surface area contributed by atoms with E-state index in [0.717, 1.165) is 28.6 Å². The quantitative estimate of drug-likeness (QED) is 0.454. The molecule has 2 atom stereocenters. The second-order valence-electron chi connectivity index (χ2n) is 12.2. The Hall–Kier alpha value is -2.52. The van der Waals surface area contributed by atoms with Gasteiger partial charge in [0.2, 0.25) is 9.04 Å². The Morgan fingerprint density at radius 2 is 1.70 bits per heavy atom. The fraction of sp³-hybridized carbons (Fsp3) is 0.643. The van der Waals surface area contributed by atoms with E-state index in [2.05, 4.69) is 69.3 Å². The summed E-state index contributed by atoms with van der Waals surface area (Å²) in [5, 5.41) is 0. The highest BCUT2D eigenvalue weighted by Gasteiger charge is 2.43. The normalized spacial score (nSPS) is 17.8. The van der Waals surface area contributed by atoms with Gasteiger partial charge in [-0.15, -0.1) is 0 Å². The first-order valence-electron chi connectivity index (χ1n) is 13.0. The number of hydrogen-bond donors (Lipinski definition) is 0. The number of rotatable bonds is 6. The molecule has 0 N–H and O–H groups in total. The summed E-state index contributed by atoms with van der Waals surface area (Å²) in [6, 6.07) is 5.96. The Bertz CT molecular complexity index is 1070. The lowest BCUT2D eigenvalue weighted by atomic mass is 9.83. The first-order valence-corrected chi connectivity index (χ1v) is 15.4. The van der Waals surface area contributed by atoms with Crippen LogP contribution in [-0.4, -0.2) is 74.1 Å². The average Bonchev–Trinajstić information content (AvgIpc) is 3.12. The van der Waals surface area contributed by atoms with Gasteiger partial charge in [-0.05, 0) is 65.3 Å². The van der Waals surface area contributed by atoms with Crippen molar-refractivity contribution in [2.45, 2.75) is 86.2 Å². The molecule has 205 valence electrons. The van der Waals surface area contributed by atoms with Crippen molar-refractivity contribution < 1.29 is 18.7 Å². The van der Waals surface area contributed by atoms with E-state index in [4.69, 9.17) is 18.9 Å². The third kappa shape index (κ3) is 6.87. The number of hydrogen-bond acceptors (Lipinski definition) is 6. The topological polar surface area (TPSA) is 69.1 Å². The van der Waals surface area contributed by atoms with Crippen molar-refractivity contribution in [3.63, 3.8) is 0 Å². The zero-order valence-electron chi connectivity index (χ0n) is 24.5. The van der Waals surface area contributed by atoms with Gasteiger partial charge in [0.15, 0.2) is 0 Å². The number of piperazine rings is 1. The fourth-order valence-corrected chi connectivity index (χ4v) is 5.91. The van der Waals surface area contributed by atoms with Crippen molar-refractivity contribution in [3.05, 3.63) is 35.8 Å². The lowest BCUT2D eigenvalue weighted by molar-refractivity contribution is -0.0289. The first kappa shape index (κ1) is 29.0. The summed E-state index contributed by atoms with van der Waals surface area (Å²) in [6.45, 7) is 22.4. The summed E-state index contributed by atoms with van der Waals surface area (Å²) in [5.74, 6) is 1.58. The number of carbonyl (C=O) groups is 1. The van der Waals surface area contributed by atoms with Crippen LogP contribution in [0.4, 0.5) is 10.5 Å². The van der Waals surface area contributed by atoms with Gasteiger partial charge in [0, 0.05) is 37.1 Å². The van der Waals surface area contributed by atoms with E-state index in [-0.39, 0.29) is 23.7 Å². The molecule has 1 amide bonds. The Morgan fingerprint density at radius 1 is 1.08 bits per heavy atom. The smallest absolute Gasteiger partial charge is 0.410 e. The zero-order chi connectivity index (χ0) is 27.7. The number of amides is 1. The van der Waals surface area contributed by atoms with Gasteiger partial charge in [-0.25, -0.2) is 9.78 Å². The Labute approximate surface area is 224 Å². The predicted molar refractivity (Wildman–Crippen MR) is 150 cm³/mol. The molecular formula is C28H45N4O4Si. The molecule has 0 saturated carbocycles. The van der Waals surface area contributed by atoms with Crippen LogP contribution in [0.15, 0.2) is 24.4 Å². The Kier molecular flexibility index (Phi) is 8.69. The van der Waals surface area contributed by atoms with Crippen LogP contribution in [0.3, 0.4) is 0 Å². The molecule has 0 aliphatic carbocycles. The lowest BCUT2D eigenvalue weighted by Gasteiger charge is -2.49. The lowest BCUT2D eigenvalue weighted by Crippen LogP contribution is -2.63. The monoisotopic (exact) mass is 529 g/mol. The summed E-state index contributed by atoms with van der Waals surface area (Å²) in [6.07, 6.45) is 1.43. The number of nitrogens with zero attached hydrogens (tertiary/aromatic N) is 4. The number of carbonyl (C=O) groups excluding carboxylic acids is 1. The van der Waals surface area contributed by atoms with Gasteiger partial charge >= 0.3 is 6.09 Å². The molecular weight excluding hydrogens is 484 g/mol. The van der Waals surface area contributed by atoms with E-state index >= 15 is 0 Å². The van der Waals surface area contributed by atoms with Crippen molar-refractivity contribution in [1.29, 1.82) is 0 Å². The van der Waals surface area contributed by atoms with Crippen LogP contribution in [-0.2, 0) is 9.16 Å². The SMILES string of the molecule is COc1cc(-n2c(C)ccc2C)ncc1N1CCN(C(=O)OC(C)(C)C)[C@H](C(O[Si](C)C)C(C)(C)C)C1. The molecule has 2 aromatic heterocycles. The van der Waals surface area contributed by atoms with Gasteiger partial charge in [0.1, 0.15) is 17.2 Å². The van der Waals surface area contributed by atoms with E-state index in [1.807, 2.05) is 37.9 Å². The van der Waals surface area contributed by atoms with Gasteiger partial charge in [-0.1, -0.05) is 20.8 Å². The summed E-state index contributed by atoms with van der Waals surface area (Å²) in [5.41, 5.74) is 2.40. The molecule has 0 spiro atoms. The van der Waals surface area contributed by atoms with Gasteiger partial charge < -0.3 is 23.4 Å². The van der Waals surface area contributed by atoms with E-state index in [0.29, 0.717) is 19.6 Å². The number of aromatic nitrogens is 2. The summed E-state index contributed by atoms with van der Waals surface area (Å²) < 4.78 is 20.4. The van der Waals surface area contributed by atoms with Crippen molar-refractivity contribution >= 4 is 20.8 Å². The molecule has 1 fully saturated rings. The van der Waals surface area contributed by atoms with Crippen LogP contribution < -0.4 is 9.64 Å². The minimum Gasteiger partial charge on any atom is -0.494 e. The van der Waals surface area contributed by atoms with Gasteiger partial charge in [-0.3, -0.25) is 4.90 Å². The van der Waals surface area contributed by atoms with Crippen LogP contribution in [0, 0.1) is 19.3 Å². The first-order chi connectivity index (χ1) is 17.1. The fourth-order valence-electron chi connectivity index (χ4n) is 4.89. The second kappa shape index (κ2) is 11.1. The third-order valence-electron chi connectivity index (χ3n) is 6.50. The molecule has 2 aromatic rings. The summed E-state index contributed by atoms with van der Waals surface area (Å²) in [7, 11) is 0.674. The maximum absolute atomic E-state index is 13.3. The van der Waals surface area contributed by atoms with Gasteiger partial charge in [0.05, 0.1) is 31.1 Å². The predicted octanol–water partition coefficient (Wildman–Crippen LogP) is 5.61. The minimum atomic E-state index is -1.02. The average molecular weight is 530 g/mol. The molecule has 9 heteroatoms. The Morgan fingerprint density at radius 3 is 2.22 bits per heavy atom. The molecule has 1 aliphatic rings. The number of methoxy groups -OCH3 is 1. The molecule has 1 radical (unpaired) electrons. The number of pyridine rings is 1. The molecule has 1 unspecified atom stereocenters. The molecule has 1 saturated heterocycles. The van der Waals surface area contributed by atoms with Crippen LogP contribution in [0.5, 0.6) is 5.75 Å². The van der Waals surface area contributed by atoms with Crippen molar-refractivity contribution in [2.75, 3.05) is 31.6 Å². The summed E-state index contributed by atoms with van der Waals surface area (Å²) in [4.78, 5) is 22.3. The second-order valence-corrected chi connectivity index (χ2v) is 14.2. The van der Waals surface area contributed by atoms with Crippen molar-refractivity contribution in [2.24, 2.45) is 5.41 Å². The number of anilines is 1. The minimum absolute atomic E-state index is 0.157. The standard InChI is InChI=1S/C28H45N4O4Si/c1-19-12-13-20(2)32(19)24-16-23(34-9)21(17-29-24)30-14-15-31(26(33)35-28(6,7)8)22(18-30)25(27(3,4)5)36-37(10)11/h12-13,16-17,22,25H,14-15,18H2,1-11H3/t22-,25?/m0/s1. The van der Waals surface area contributed by atoms with Crippen molar-refractivity contribution in [1.82, 2.24) is 14.5 Å². The van der Waals surface area contributed by atoms with E-state index in [1.165, 1.54) is 0 Å². The molecule has 3 heterocycles. The van der Waals surface area contributed by atoms with E-state index < -0.39 is 14.6 Å². The Balaban J connectivity index is 1.99. The maximum atomic E-state index is 13.3. The molecule has 37 heavy (non-hydrogen) atoms. The zero-order valence-corrected chi connectivity index (χ0v) is 25.5. The summed E-state index contributed by atoms with van der Waals surface area (Å²) >= 11 is 0. The van der Waals surface area contributed by atoms with Crippen LogP contribution in [0.1, 0.15) is 52.9 Å².